The zero-order valence-electron chi connectivity index (χ0n) is 12.5. The lowest BCUT2D eigenvalue weighted by atomic mass is 9.99. The molecule has 0 aliphatic carbocycles. The molecule has 5 heteroatoms. The maximum atomic E-state index is 6.43. The zero-order chi connectivity index (χ0) is 15.4. The van der Waals surface area contributed by atoms with Gasteiger partial charge in [0.05, 0.1) is 19.3 Å². The summed E-state index contributed by atoms with van der Waals surface area (Å²) in [6, 6.07) is 3.73. The summed E-state index contributed by atoms with van der Waals surface area (Å²) in [4.78, 5) is 0. The van der Waals surface area contributed by atoms with Crippen LogP contribution in [0.15, 0.2) is 27.4 Å². The highest BCUT2D eigenvalue weighted by molar-refractivity contribution is 9.10. The average molecular weight is 370 g/mol. The molecule has 1 aromatic carbocycles. The molecule has 2 aromatic rings. The molecule has 114 valence electrons. The largest absolute Gasteiger partial charge is 0.490 e. The first-order valence-electron chi connectivity index (χ1n) is 6.95. The van der Waals surface area contributed by atoms with Crippen molar-refractivity contribution in [2.75, 3.05) is 13.2 Å². The predicted molar refractivity (Wildman–Crippen MR) is 91.6 cm³/mol. The summed E-state index contributed by atoms with van der Waals surface area (Å²) in [5, 5.41) is 4.21. The fourth-order valence-corrected chi connectivity index (χ4v) is 3.64. The van der Waals surface area contributed by atoms with Gasteiger partial charge in [0.1, 0.15) is 0 Å². The molecule has 2 rings (SSSR count). The summed E-state index contributed by atoms with van der Waals surface area (Å²) in [7, 11) is 0. The first kappa shape index (κ1) is 16.3. The molecule has 1 heterocycles. The Morgan fingerprint density at radius 1 is 1.10 bits per heavy atom. The number of thiophene rings is 1. The number of ether oxygens (including phenoxy) is 2. The first-order chi connectivity index (χ1) is 10.1. The van der Waals surface area contributed by atoms with Crippen molar-refractivity contribution in [3.63, 3.8) is 0 Å². The molecule has 2 N–H and O–H groups in total. The fraction of sp³-hybridized carbons (Fsp3) is 0.375. The van der Waals surface area contributed by atoms with E-state index in [4.69, 9.17) is 15.2 Å². The van der Waals surface area contributed by atoms with Crippen LogP contribution in [0.5, 0.6) is 11.5 Å². The summed E-state index contributed by atoms with van der Waals surface area (Å²) < 4.78 is 12.2. The lowest BCUT2D eigenvalue weighted by Gasteiger charge is -2.18. The van der Waals surface area contributed by atoms with Crippen LogP contribution in [0.4, 0.5) is 0 Å². The van der Waals surface area contributed by atoms with Crippen LogP contribution < -0.4 is 15.2 Å². The van der Waals surface area contributed by atoms with Crippen molar-refractivity contribution < 1.29 is 9.47 Å². The summed E-state index contributed by atoms with van der Waals surface area (Å²) in [5.41, 5.74) is 9.79. The maximum Gasteiger partial charge on any atom is 0.162 e. The van der Waals surface area contributed by atoms with Crippen molar-refractivity contribution in [3.05, 3.63) is 44.1 Å². The van der Waals surface area contributed by atoms with Gasteiger partial charge in [0.2, 0.25) is 0 Å². The van der Waals surface area contributed by atoms with E-state index in [0.29, 0.717) is 13.2 Å². The fourth-order valence-electron chi connectivity index (χ4n) is 2.18. The Bertz CT molecular complexity index is 612. The Hall–Kier alpha value is -1.04. The molecule has 21 heavy (non-hydrogen) atoms. The van der Waals surface area contributed by atoms with Gasteiger partial charge in [-0.3, -0.25) is 0 Å². The average Bonchev–Trinajstić information content (AvgIpc) is 2.87. The standard InChI is InChI=1S/C16H20BrNO2S/c1-4-19-14-6-11(13(17)7-15(14)20-5-2)16(18)12-9-21-8-10(12)3/h6-9,16H,4-5,18H2,1-3H3. The third kappa shape index (κ3) is 3.59. The predicted octanol–water partition coefficient (Wildman–Crippen LogP) is 4.66. The molecule has 0 aliphatic heterocycles. The van der Waals surface area contributed by atoms with E-state index >= 15 is 0 Å². The van der Waals surface area contributed by atoms with Gasteiger partial charge in [-0.05, 0) is 60.4 Å². The molecule has 0 radical (unpaired) electrons. The van der Waals surface area contributed by atoms with Crippen LogP contribution in [0.3, 0.4) is 0 Å². The zero-order valence-corrected chi connectivity index (χ0v) is 14.9. The molecule has 0 saturated heterocycles. The van der Waals surface area contributed by atoms with E-state index < -0.39 is 0 Å². The van der Waals surface area contributed by atoms with Crippen molar-refractivity contribution in [1.29, 1.82) is 0 Å². The number of aryl methyl sites for hydroxylation is 1. The topological polar surface area (TPSA) is 44.5 Å². The second kappa shape index (κ2) is 7.29. The minimum Gasteiger partial charge on any atom is -0.490 e. The lowest BCUT2D eigenvalue weighted by molar-refractivity contribution is 0.287. The van der Waals surface area contributed by atoms with E-state index in [2.05, 4.69) is 33.6 Å². The molecule has 1 atom stereocenters. The van der Waals surface area contributed by atoms with Crippen LogP contribution in [0.1, 0.15) is 36.6 Å². The molecule has 0 fully saturated rings. The number of halogens is 1. The summed E-state index contributed by atoms with van der Waals surface area (Å²) in [6.45, 7) is 7.19. The molecule has 0 saturated carbocycles. The molecular formula is C16H20BrNO2S. The minimum atomic E-state index is -0.180. The van der Waals surface area contributed by atoms with Crippen LogP contribution in [0.25, 0.3) is 0 Å². The van der Waals surface area contributed by atoms with Gasteiger partial charge in [0, 0.05) is 4.47 Å². The summed E-state index contributed by atoms with van der Waals surface area (Å²) in [6.07, 6.45) is 0. The monoisotopic (exact) mass is 369 g/mol. The van der Waals surface area contributed by atoms with Crippen molar-refractivity contribution in [2.45, 2.75) is 26.8 Å². The highest BCUT2D eigenvalue weighted by atomic mass is 79.9. The van der Waals surface area contributed by atoms with E-state index in [1.165, 1.54) is 5.56 Å². The number of hydrogen-bond acceptors (Lipinski definition) is 4. The smallest absolute Gasteiger partial charge is 0.162 e. The van der Waals surface area contributed by atoms with Gasteiger partial charge in [0.25, 0.3) is 0 Å². The third-order valence-electron chi connectivity index (χ3n) is 3.23. The number of benzene rings is 1. The van der Waals surface area contributed by atoms with Crippen molar-refractivity contribution >= 4 is 27.3 Å². The van der Waals surface area contributed by atoms with Crippen LogP contribution in [-0.4, -0.2) is 13.2 Å². The van der Waals surface area contributed by atoms with Gasteiger partial charge in [-0.2, -0.15) is 11.3 Å². The van der Waals surface area contributed by atoms with E-state index in [0.717, 1.165) is 27.1 Å². The number of hydrogen-bond donors (Lipinski definition) is 1. The van der Waals surface area contributed by atoms with Gasteiger partial charge >= 0.3 is 0 Å². The minimum absolute atomic E-state index is 0.180. The quantitative estimate of drug-likeness (QED) is 0.804. The first-order valence-corrected chi connectivity index (χ1v) is 8.69. The van der Waals surface area contributed by atoms with Gasteiger partial charge in [-0.1, -0.05) is 15.9 Å². The SMILES string of the molecule is CCOc1cc(Br)c(C(N)c2cscc2C)cc1OCC. The Morgan fingerprint density at radius 2 is 1.71 bits per heavy atom. The Labute approximate surface area is 138 Å². The van der Waals surface area contributed by atoms with Crippen LogP contribution in [0.2, 0.25) is 0 Å². The number of nitrogens with two attached hydrogens (primary N) is 1. The van der Waals surface area contributed by atoms with Crippen molar-refractivity contribution in [1.82, 2.24) is 0 Å². The van der Waals surface area contributed by atoms with Gasteiger partial charge < -0.3 is 15.2 Å². The molecular weight excluding hydrogens is 350 g/mol. The van der Waals surface area contributed by atoms with Gasteiger partial charge in [-0.25, -0.2) is 0 Å². The highest BCUT2D eigenvalue weighted by Gasteiger charge is 2.18. The summed E-state index contributed by atoms with van der Waals surface area (Å²) in [5.74, 6) is 1.48. The molecule has 0 aliphatic rings. The molecule has 0 amide bonds. The second-order valence-corrected chi connectivity index (χ2v) is 6.27. The molecule has 1 aromatic heterocycles. The Kier molecular flexibility index (Phi) is 5.67. The number of rotatable bonds is 6. The van der Waals surface area contributed by atoms with Crippen molar-refractivity contribution in [3.8, 4) is 11.5 Å². The third-order valence-corrected chi connectivity index (χ3v) is 4.79. The maximum absolute atomic E-state index is 6.43. The molecule has 3 nitrogen and oxygen atoms in total. The van der Waals surface area contributed by atoms with E-state index in [1.807, 2.05) is 26.0 Å². The van der Waals surface area contributed by atoms with Crippen LogP contribution in [-0.2, 0) is 0 Å². The van der Waals surface area contributed by atoms with E-state index in [1.54, 1.807) is 11.3 Å². The van der Waals surface area contributed by atoms with Crippen molar-refractivity contribution in [2.24, 2.45) is 5.73 Å². The van der Waals surface area contributed by atoms with E-state index in [-0.39, 0.29) is 6.04 Å². The van der Waals surface area contributed by atoms with Crippen LogP contribution >= 0.6 is 27.3 Å². The van der Waals surface area contributed by atoms with Gasteiger partial charge in [-0.15, -0.1) is 0 Å². The van der Waals surface area contributed by atoms with Crippen LogP contribution in [0, 0.1) is 6.92 Å². The lowest BCUT2D eigenvalue weighted by Crippen LogP contribution is -2.13. The Balaban J connectivity index is 2.44. The molecule has 0 spiro atoms. The normalized spacial score (nSPS) is 12.2. The summed E-state index contributed by atoms with van der Waals surface area (Å²) >= 11 is 5.27. The van der Waals surface area contributed by atoms with Gasteiger partial charge in [0.15, 0.2) is 11.5 Å². The Morgan fingerprint density at radius 3 is 2.24 bits per heavy atom. The second-order valence-electron chi connectivity index (χ2n) is 4.67. The molecule has 0 bridgehead atoms. The highest BCUT2D eigenvalue weighted by Crippen LogP contribution is 2.38. The van der Waals surface area contributed by atoms with E-state index in [9.17, 15) is 0 Å². The molecule has 1 unspecified atom stereocenters.